The number of nitrogens with one attached hydrogen (secondary N) is 2. The Kier molecular flexibility index (Phi) is 7.00. The van der Waals surface area contributed by atoms with Crippen LogP contribution in [-0.4, -0.2) is 59.5 Å². The van der Waals surface area contributed by atoms with Gasteiger partial charge in [0.25, 0.3) is 0 Å². The molecule has 0 unspecified atom stereocenters. The molecule has 1 aliphatic carbocycles. The summed E-state index contributed by atoms with van der Waals surface area (Å²) >= 11 is 0. The fourth-order valence-corrected chi connectivity index (χ4v) is 5.39. The van der Waals surface area contributed by atoms with E-state index in [1.54, 1.807) is 12.0 Å². The van der Waals surface area contributed by atoms with E-state index in [1.165, 1.54) is 57.4 Å². The van der Waals surface area contributed by atoms with Crippen LogP contribution in [0, 0.1) is 5.92 Å². The van der Waals surface area contributed by atoms with Gasteiger partial charge in [0.05, 0.1) is 19.7 Å². The van der Waals surface area contributed by atoms with Gasteiger partial charge in [-0.25, -0.2) is 4.68 Å². The monoisotopic (exact) mass is 414 g/mol. The molecule has 1 aliphatic heterocycles. The number of quaternary nitrogens is 2. The highest BCUT2D eigenvalue weighted by molar-refractivity contribution is 5.27. The first-order valence-electron chi connectivity index (χ1n) is 11.7. The van der Waals surface area contributed by atoms with Crippen molar-refractivity contribution in [2.75, 3.05) is 33.3 Å². The Morgan fingerprint density at radius 1 is 1.07 bits per heavy atom. The second-order valence-corrected chi connectivity index (χ2v) is 9.52. The predicted molar refractivity (Wildman–Crippen MR) is 116 cm³/mol. The van der Waals surface area contributed by atoms with Crippen molar-refractivity contribution in [3.05, 3.63) is 35.7 Å². The second-order valence-electron chi connectivity index (χ2n) is 9.52. The Hall–Kier alpha value is -1.99. The molecule has 2 N–H and O–H groups in total. The number of nitrogens with zero attached hydrogens (tertiary/aromatic N) is 4. The summed E-state index contributed by atoms with van der Waals surface area (Å²) in [4.78, 5) is 3.51. The van der Waals surface area contributed by atoms with Crippen LogP contribution in [0.2, 0.25) is 0 Å². The summed E-state index contributed by atoms with van der Waals surface area (Å²) in [6, 6.07) is 9.47. The molecule has 7 nitrogen and oxygen atoms in total. The molecular weight excluding hydrogens is 376 g/mol. The van der Waals surface area contributed by atoms with E-state index in [1.807, 2.05) is 21.7 Å². The molecular formula is C23H38N6O+2. The molecule has 1 saturated carbocycles. The summed E-state index contributed by atoms with van der Waals surface area (Å²) in [6.07, 6.45) is 6.85. The zero-order valence-electron chi connectivity index (χ0n) is 18.8. The van der Waals surface area contributed by atoms with E-state index in [0.29, 0.717) is 18.5 Å². The molecule has 0 spiro atoms. The van der Waals surface area contributed by atoms with Gasteiger partial charge in [-0.1, -0.05) is 26.0 Å². The van der Waals surface area contributed by atoms with E-state index in [2.05, 4.69) is 41.5 Å². The highest BCUT2D eigenvalue weighted by Gasteiger charge is 2.37. The fourth-order valence-electron chi connectivity index (χ4n) is 5.39. The normalized spacial score (nSPS) is 23.7. The third-order valence-electron chi connectivity index (χ3n) is 7.03. The lowest BCUT2D eigenvalue weighted by Crippen LogP contribution is -3.29. The largest absolute Gasteiger partial charge is 0.497 e. The molecule has 1 saturated heterocycles. The van der Waals surface area contributed by atoms with Crippen LogP contribution in [0.4, 0.5) is 0 Å². The van der Waals surface area contributed by atoms with Gasteiger partial charge in [0.1, 0.15) is 31.9 Å². The van der Waals surface area contributed by atoms with Crippen molar-refractivity contribution in [1.82, 2.24) is 20.2 Å². The van der Waals surface area contributed by atoms with Crippen LogP contribution < -0.4 is 14.5 Å². The van der Waals surface area contributed by atoms with Gasteiger partial charge < -0.3 is 14.5 Å². The molecule has 2 heterocycles. The SMILES string of the molecule is COc1ccc(Cn2nnnc2[C@@H](CC(C)C)[NH+]2CC[NH+](C3CCCC3)CC2)cc1. The quantitative estimate of drug-likeness (QED) is 0.662. The predicted octanol–water partition coefficient (Wildman–Crippen LogP) is 0.543. The number of benzene rings is 1. The Labute approximate surface area is 180 Å². The van der Waals surface area contributed by atoms with Gasteiger partial charge in [0.15, 0.2) is 6.04 Å². The van der Waals surface area contributed by atoms with Gasteiger partial charge in [-0.15, -0.1) is 5.10 Å². The van der Waals surface area contributed by atoms with Crippen molar-refractivity contribution in [2.24, 2.45) is 5.92 Å². The molecule has 0 bridgehead atoms. The van der Waals surface area contributed by atoms with Crippen LogP contribution in [0.15, 0.2) is 24.3 Å². The molecule has 1 aromatic carbocycles. The summed E-state index contributed by atoms with van der Waals surface area (Å²) in [5.41, 5.74) is 1.19. The lowest BCUT2D eigenvalue weighted by molar-refractivity contribution is -1.04. The van der Waals surface area contributed by atoms with Crippen molar-refractivity contribution in [2.45, 2.75) is 64.6 Å². The highest BCUT2D eigenvalue weighted by Crippen LogP contribution is 2.19. The van der Waals surface area contributed by atoms with Crippen molar-refractivity contribution >= 4 is 0 Å². The molecule has 0 amide bonds. The average Bonchev–Trinajstić information content (AvgIpc) is 3.45. The molecule has 2 fully saturated rings. The first-order valence-corrected chi connectivity index (χ1v) is 11.7. The Balaban J connectivity index is 1.46. The number of hydrogen-bond acceptors (Lipinski definition) is 4. The maximum Gasteiger partial charge on any atom is 0.209 e. The van der Waals surface area contributed by atoms with Gasteiger partial charge in [-0.05, 0) is 59.7 Å². The summed E-state index contributed by atoms with van der Waals surface area (Å²) in [5.74, 6) is 2.54. The lowest BCUT2D eigenvalue weighted by Gasteiger charge is -2.36. The minimum Gasteiger partial charge on any atom is -0.497 e. The van der Waals surface area contributed by atoms with Gasteiger partial charge in [-0.2, -0.15) is 0 Å². The molecule has 1 atom stereocenters. The number of methoxy groups -OCH3 is 1. The van der Waals surface area contributed by atoms with E-state index >= 15 is 0 Å². The summed E-state index contributed by atoms with van der Waals surface area (Å²) in [5, 5.41) is 13.0. The number of rotatable bonds is 8. The van der Waals surface area contributed by atoms with Crippen LogP contribution in [0.25, 0.3) is 0 Å². The first-order chi connectivity index (χ1) is 14.6. The number of piperazine rings is 1. The average molecular weight is 415 g/mol. The van der Waals surface area contributed by atoms with Crippen LogP contribution in [0.5, 0.6) is 5.75 Å². The maximum atomic E-state index is 5.28. The standard InChI is InChI=1S/C23H36N6O/c1-18(2)16-22(28-14-12-27(13-15-28)20-6-4-5-7-20)23-24-25-26-29(23)17-19-8-10-21(30-3)11-9-19/h8-11,18,20,22H,4-7,12-17H2,1-3H3/p+2/t22-/m1/s1. The molecule has 164 valence electrons. The highest BCUT2D eigenvalue weighted by atomic mass is 16.5. The number of ether oxygens (including phenoxy) is 1. The van der Waals surface area contributed by atoms with E-state index < -0.39 is 0 Å². The van der Waals surface area contributed by atoms with Crippen molar-refractivity contribution < 1.29 is 14.5 Å². The smallest absolute Gasteiger partial charge is 0.209 e. The molecule has 1 aromatic heterocycles. The zero-order valence-corrected chi connectivity index (χ0v) is 18.8. The summed E-state index contributed by atoms with van der Waals surface area (Å²) < 4.78 is 7.29. The van der Waals surface area contributed by atoms with Crippen LogP contribution in [-0.2, 0) is 6.54 Å². The fraction of sp³-hybridized carbons (Fsp3) is 0.696. The Morgan fingerprint density at radius 3 is 2.40 bits per heavy atom. The minimum absolute atomic E-state index is 0.364. The molecule has 4 rings (SSSR count). The summed E-state index contributed by atoms with van der Waals surface area (Å²) in [6.45, 7) is 10.3. The van der Waals surface area contributed by atoms with Gasteiger partial charge in [-0.3, -0.25) is 0 Å². The van der Waals surface area contributed by atoms with Gasteiger partial charge in [0.2, 0.25) is 5.82 Å². The minimum atomic E-state index is 0.364. The molecule has 2 aromatic rings. The zero-order chi connectivity index (χ0) is 20.9. The lowest BCUT2D eigenvalue weighted by atomic mass is 10.0. The Bertz CT molecular complexity index is 775. The van der Waals surface area contributed by atoms with E-state index in [0.717, 1.165) is 24.0 Å². The number of hydrogen-bond donors (Lipinski definition) is 2. The Morgan fingerprint density at radius 2 is 1.77 bits per heavy atom. The van der Waals surface area contributed by atoms with E-state index in [9.17, 15) is 0 Å². The second kappa shape index (κ2) is 9.88. The van der Waals surface area contributed by atoms with Crippen LogP contribution in [0.3, 0.4) is 0 Å². The van der Waals surface area contributed by atoms with Gasteiger partial charge >= 0.3 is 0 Å². The van der Waals surface area contributed by atoms with Crippen molar-refractivity contribution in [3.63, 3.8) is 0 Å². The maximum absolute atomic E-state index is 5.28. The van der Waals surface area contributed by atoms with E-state index in [-0.39, 0.29) is 0 Å². The van der Waals surface area contributed by atoms with Crippen molar-refractivity contribution in [1.29, 1.82) is 0 Å². The molecule has 2 aliphatic rings. The van der Waals surface area contributed by atoms with Crippen LogP contribution in [0.1, 0.15) is 63.4 Å². The topological polar surface area (TPSA) is 61.7 Å². The molecule has 30 heavy (non-hydrogen) atoms. The van der Waals surface area contributed by atoms with Crippen molar-refractivity contribution in [3.8, 4) is 5.75 Å². The molecule has 7 heteroatoms. The van der Waals surface area contributed by atoms with Crippen LogP contribution >= 0.6 is 0 Å². The number of tetrazole rings is 1. The third-order valence-corrected chi connectivity index (χ3v) is 7.03. The van der Waals surface area contributed by atoms with E-state index in [4.69, 9.17) is 4.74 Å². The first kappa shape index (κ1) is 21.2. The molecule has 0 radical (unpaired) electrons. The number of aromatic nitrogens is 4. The summed E-state index contributed by atoms with van der Waals surface area (Å²) in [7, 11) is 1.70. The van der Waals surface area contributed by atoms with Gasteiger partial charge in [0, 0.05) is 6.42 Å². The third kappa shape index (κ3) is 5.01.